The van der Waals surface area contributed by atoms with Crippen LogP contribution in [0.3, 0.4) is 0 Å². The Morgan fingerprint density at radius 2 is 1.51 bits per heavy atom. The lowest BCUT2D eigenvalue weighted by atomic mass is 10.1. The molecule has 1 aromatic heterocycles. The smallest absolute Gasteiger partial charge is 0.254 e. The van der Waals surface area contributed by atoms with E-state index in [1.54, 1.807) is 36.4 Å². The third kappa shape index (κ3) is 6.16. The van der Waals surface area contributed by atoms with Crippen molar-refractivity contribution in [3.63, 3.8) is 0 Å². The lowest BCUT2D eigenvalue weighted by Gasteiger charge is -2.27. The van der Waals surface area contributed by atoms with E-state index in [1.165, 1.54) is 58.5 Å². The second-order valence-corrected chi connectivity index (χ2v) is 8.44. The van der Waals surface area contributed by atoms with Gasteiger partial charge in [0.25, 0.3) is 5.91 Å². The third-order valence-corrected chi connectivity index (χ3v) is 5.81. The van der Waals surface area contributed by atoms with Gasteiger partial charge in [-0.05, 0) is 54.1 Å². The molecule has 0 spiro atoms. The van der Waals surface area contributed by atoms with Gasteiger partial charge in [0.15, 0.2) is 5.43 Å². The van der Waals surface area contributed by atoms with Crippen LogP contribution in [0.2, 0.25) is 0 Å². The van der Waals surface area contributed by atoms with Crippen LogP contribution in [0.15, 0.2) is 101 Å². The summed E-state index contributed by atoms with van der Waals surface area (Å²) >= 11 is 0. The summed E-state index contributed by atoms with van der Waals surface area (Å²) in [7, 11) is 0. The fraction of sp³-hybridized carbons (Fsp3) is 0.138. The van der Waals surface area contributed by atoms with E-state index in [-0.39, 0.29) is 42.7 Å². The summed E-state index contributed by atoms with van der Waals surface area (Å²) in [4.78, 5) is 42.3. The first kappa shape index (κ1) is 25.5. The Hall–Kier alpha value is -4.59. The van der Waals surface area contributed by atoms with Crippen molar-refractivity contribution in [2.75, 3.05) is 13.1 Å². The maximum absolute atomic E-state index is 13.5. The summed E-state index contributed by atoms with van der Waals surface area (Å²) in [6, 6.07) is 17.5. The van der Waals surface area contributed by atoms with E-state index in [0.717, 1.165) is 0 Å². The first-order chi connectivity index (χ1) is 17.9. The molecule has 0 atom stereocenters. The predicted octanol–water partition coefficient (Wildman–Crippen LogP) is 4.93. The lowest BCUT2D eigenvalue weighted by Crippen LogP contribution is -2.43. The van der Waals surface area contributed by atoms with Crippen LogP contribution in [0.5, 0.6) is 0 Å². The van der Waals surface area contributed by atoms with E-state index in [2.05, 4.69) is 6.58 Å². The number of fused-ring (bicyclic) bond motifs is 1. The van der Waals surface area contributed by atoms with Crippen LogP contribution in [-0.4, -0.2) is 34.7 Å². The van der Waals surface area contributed by atoms with Gasteiger partial charge in [0.1, 0.15) is 23.8 Å². The van der Waals surface area contributed by atoms with Crippen molar-refractivity contribution < 1.29 is 22.8 Å². The second-order valence-electron chi connectivity index (χ2n) is 8.44. The molecule has 0 bridgehead atoms. The number of halogens is 2. The molecule has 0 aliphatic heterocycles. The van der Waals surface area contributed by atoms with Gasteiger partial charge < -0.3 is 14.2 Å². The van der Waals surface area contributed by atoms with Crippen LogP contribution in [0.25, 0.3) is 11.0 Å². The van der Waals surface area contributed by atoms with Gasteiger partial charge in [0.05, 0.1) is 23.8 Å². The highest BCUT2D eigenvalue weighted by molar-refractivity contribution is 5.96. The predicted molar refractivity (Wildman–Crippen MR) is 136 cm³/mol. The number of amides is 2. The van der Waals surface area contributed by atoms with Gasteiger partial charge in [-0.15, -0.1) is 6.58 Å². The number of nitrogens with zero attached hydrogens (tertiary/aromatic N) is 2. The van der Waals surface area contributed by atoms with Gasteiger partial charge in [-0.1, -0.05) is 30.3 Å². The first-order valence-corrected chi connectivity index (χ1v) is 11.5. The van der Waals surface area contributed by atoms with Crippen molar-refractivity contribution in [3.05, 3.63) is 130 Å². The minimum absolute atomic E-state index is 0.0675. The Bertz CT molecular complexity index is 1480. The summed E-state index contributed by atoms with van der Waals surface area (Å²) in [5.41, 5.74) is 1.27. The second kappa shape index (κ2) is 11.4. The molecule has 2 amide bonds. The molecule has 0 saturated carbocycles. The number of carbonyl (C=O) groups excluding carboxylic acids is 2. The molecule has 0 fully saturated rings. The van der Waals surface area contributed by atoms with Gasteiger partial charge in [0.2, 0.25) is 5.91 Å². The standard InChI is InChI=1S/C29H24F2N2O4/c1-2-15-32(29(36)21-9-13-24(31)14-10-21)18-27(34)33(16-20-7-11-23(30)12-8-20)17-22-19-37-26-6-4-3-5-25(26)28(22)35/h2-14,19H,1,15-18H2. The normalized spacial score (nSPS) is 10.8. The molecule has 0 saturated heterocycles. The maximum atomic E-state index is 13.5. The molecule has 188 valence electrons. The van der Waals surface area contributed by atoms with E-state index in [0.29, 0.717) is 16.5 Å². The van der Waals surface area contributed by atoms with Crippen LogP contribution >= 0.6 is 0 Å². The minimum Gasteiger partial charge on any atom is -0.464 e. The van der Waals surface area contributed by atoms with Crippen molar-refractivity contribution >= 4 is 22.8 Å². The largest absolute Gasteiger partial charge is 0.464 e. The van der Waals surface area contributed by atoms with E-state index < -0.39 is 23.4 Å². The molecular formula is C29H24F2N2O4. The number of rotatable bonds is 9. The number of benzene rings is 3. The van der Waals surface area contributed by atoms with Crippen molar-refractivity contribution in [1.82, 2.24) is 9.80 Å². The quantitative estimate of drug-likeness (QED) is 0.305. The van der Waals surface area contributed by atoms with Crippen molar-refractivity contribution in [2.24, 2.45) is 0 Å². The Labute approximate surface area is 212 Å². The van der Waals surface area contributed by atoms with Gasteiger partial charge in [-0.3, -0.25) is 14.4 Å². The molecule has 0 unspecified atom stereocenters. The SMILES string of the molecule is C=CCN(CC(=O)N(Cc1ccc(F)cc1)Cc1coc2ccccc2c1=O)C(=O)c1ccc(F)cc1. The molecule has 0 radical (unpaired) electrons. The highest BCUT2D eigenvalue weighted by atomic mass is 19.1. The van der Waals surface area contributed by atoms with Gasteiger partial charge >= 0.3 is 0 Å². The molecule has 0 aliphatic carbocycles. The Balaban J connectivity index is 1.62. The summed E-state index contributed by atoms with van der Waals surface area (Å²) in [5, 5.41) is 0.383. The summed E-state index contributed by atoms with van der Waals surface area (Å²) < 4.78 is 32.4. The molecule has 8 heteroatoms. The van der Waals surface area contributed by atoms with Gasteiger partial charge in [-0.2, -0.15) is 0 Å². The zero-order valence-electron chi connectivity index (χ0n) is 19.9. The number of hydrogen-bond donors (Lipinski definition) is 0. The number of hydrogen-bond acceptors (Lipinski definition) is 4. The van der Waals surface area contributed by atoms with Gasteiger partial charge in [0, 0.05) is 18.7 Å². The summed E-state index contributed by atoms with van der Waals surface area (Å²) in [6.45, 7) is 3.40. The molecule has 3 aromatic carbocycles. The Kier molecular flexibility index (Phi) is 7.88. The fourth-order valence-corrected chi connectivity index (χ4v) is 3.89. The van der Waals surface area contributed by atoms with Crippen LogP contribution < -0.4 is 5.43 Å². The molecule has 6 nitrogen and oxygen atoms in total. The van der Waals surface area contributed by atoms with Crippen LogP contribution in [0.1, 0.15) is 21.5 Å². The Morgan fingerprint density at radius 1 is 0.865 bits per heavy atom. The molecule has 37 heavy (non-hydrogen) atoms. The maximum Gasteiger partial charge on any atom is 0.254 e. The summed E-state index contributed by atoms with van der Waals surface area (Å²) in [6.07, 6.45) is 2.80. The third-order valence-electron chi connectivity index (χ3n) is 5.81. The zero-order chi connectivity index (χ0) is 26.4. The van der Waals surface area contributed by atoms with Crippen molar-refractivity contribution in [2.45, 2.75) is 13.1 Å². The van der Waals surface area contributed by atoms with E-state index in [9.17, 15) is 23.2 Å². The lowest BCUT2D eigenvalue weighted by molar-refractivity contribution is -0.133. The average Bonchev–Trinajstić information content (AvgIpc) is 2.91. The van der Waals surface area contributed by atoms with Gasteiger partial charge in [-0.25, -0.2) is 8.78 Å². The molecule has 1 heterocycles. The van der Waals surface area contributed by atoms with Crippen molar-refractivity contribution in [1.29, 1.82) is 0 Å². The minimum atomic E-state index is -0.484. The van der Waals surface area contributed by atoms with Crippen LogP contribution in [-0.2, 0) is 17.9 Å². The number of carbonyl (C=O) groups is 2. The fourth-order valence-electron chi connectivity index (χ4n) is 3.89. The molecule has 0 aliphatic rings. The van der Waals surface area contributed by atoms with E-state index >= 15 is 0 Å². The van der Waals surface area contributed by atoms with E-state index in [4.69, 9.17) is 4.42 Å². The number of para-hydroxylation sites is 1. The molecule has 0 N–H and O–H groups in total. The topological polar surface area (TPSA) is 70.8 Å². The average molecular weight is 503 g/mol. The van der Waals surface area contributed by atoms with E-state index in [1.807, 2.05) is 0 Å². The highest BCUT2D eigenvalue weighted by Crippen LogP contribution is 2.15. The molecule has 4 aromatic rings. The van der Waals surface area contributed by atoms with Crippen LogP contribution in [0, 0.1) is 11.6 Å². The highest BCUT2D eigenvalue weighted by Gasteiger charge is 2.23. The Morgan fingerprint density at radius 3 is 2.19 bits per heavy atom. The van der Waals surface area contributed by atoms with Crippen LogP contribution in [0.4, 0.5) is 8.78 Å². The first-order valence-electron chi connectivity index (χ1n) is 11.5. The summed E-state index contributed by atoms with van der Waals surface area (Å²) in [5.74, 6) is -1.82. The van der Waals surface area contributed by atoms with Crippen molar-refractivity contribution in [3.8, 4) is 0 Å². The zero-order valence-corrected chi connectivity index (χ0v) is 19.9. The molecule has 4 rings (SSSR count). The molecular weight excluding hydrogens is 478 g/mol. The monoisotopic (exact) mass is 502 g/mol.